The van der Waals surface area contributed by atoms with Crippen LogP contribution in [0.15, 0.2) is 54.6 Å². The lowest BCUT2D eigenvalue weighted by Gasteiger charge is -2.36. The number of para-hydroxylation sites is 1. The molecule has 2 atom stereocenters. The fourth-order valence-corrected chi connectivity index (χ4v) is 3.72. The van der Waals surface area contributed by atoms with Gasteiger partial charge in [-0.2, -0.15) is 13.2 Å². The Bertz CT molecular complexity index is 960. The lowest BCUT2D eigenvalue weighted by molar-refractivity contribution is -0.137. The fraction of sp³-hybridized carbons (Fsp3) is 0.250. The van der Waals surface area contributed by atoms with Gasteiger partial charge in [0.25, 0.3) is 11.8 Å². The number of alkyl halides is 3. The first kappa shape index (κ1) is 19.0. The molecule has 150 valence electrons. The van der Waals surface area contributed by atoms with E-state index >= 15 is 0 Å². The number of carbonyl (C=O) groups excluding carboxylic acids is 3. The highest BCUT2D eigenvalue weighted by atomic mass is 19.4. The van der Waals surface area contributed by atoms with Crippen LogP contribution in [-0.4, -0.2) is 41.4 Å². The first-order valence-corrected chi connectivity index (χ1v) is 8.95. The Hall–Kier alpha value is -3.36. The maximum Gasteiger partial charge on any atom is 0.416 e. The lowest BCUT2D eigenvalue weighted by atomic mass is 10.0. The van der Waals surface area contributed by atoms with Crippen LogP contribution in [0.5, 0.6) is 0 Å². The van der Waals surface area contributed by atoms with Gasteiger partial charge in [0.05, 0.1) is 17.3 Å². The van der Waals surface area contributed by atoms with Crippen molar-refractivity contribution >= 4 is 23.5 Å². The molecule has 2 saturated heterocycles. The van der Waals surface area contributed by atoms with E-state index in [0.717, 1.165) is 29.2 Å². The summed E-state index contributed by atoms with van der Waals surface area (Å²) in [5, 5.41) is 2.75. The van der Waals surface area contributed by atoms with Gasteiger partial charge >= 0.3 is 12.2 Å². The van der Waals surface area contributed by atoms with Crippen molar-refractivity contribution in [3.8, 4) is 0 Å². The van der Waals surface area contributed by atoms with E-state index in [0.29, 0.717) is 12.1 Å². The zero-order valence-corrected chi connectivity index (χ0v) is 15.0. The molecule has 0 aromatic heterocycles. The number of fused-ring (bicyclic) bond motifs is 1. The molecule has 0 spiro atoms. The molecule has 0 aliphatic carbocycles. The molecule has 2 heterocycles. The Morgan fingerprint density at radius 1 is 1.00 bits per heavy atom. The quantitative estimate of drug-likeness (QED) is 0.838. The molecule has 29 heavy (non-hydrogen) atoms. The molecular formula is C20H16F3N3O3. The van der Waals surface area contributed by atoms with Gasteiger partial charge in [-0.25, -0.2) is 9.69 Å². The third kappa shape index (κ3) is 3.32. The van der Waals surface area contributed by atoms with E-state index in [9.17, 15) is 27.6 Å². The molecule has 0 unspecified atom stereocenters. The number of hydrogen-bond donors (Lipinski definition) is 1. The zero-order chi connectivity index (χ0) is 20.8. The van der Waals surface area contributed by atoms with Gasteiger partial charge in [0.2, 0.25) is 0 Å². The third-order valence-electron chi connectivity index (χ3n) is 5.12. The minimum absolute atomic E-state index is 0.0506. The molecule has 0 saturated carbocycles. The van der Waals surface area contributed by atoms with Crippen molar-refractivity contribution in [3.05, 3.63) is 65.7 Å². The van der Waals surface area contributed by atoms with Gasteiger partial charge in [-0.3, -0.25) is 9.59 Å². The van der Waals surface area contributed by atoms with E-state index in [1.165, 1.54) is 4.90 Å². The van der Waals surface area contributed by atoms with Crippen LogP contribution in [0.2, 0.25) is 0 Å². The second-order valence-corrected chi connectivity index (χ2v) is 6.87. The van der Waals surface area contributed by atoms with Crippen LogP contribution >= 0.6 is 0 Å². The van der Waals surface area contributed by atoms with Crippen LogP contribution in [0.25, 0.3) is 0 Å². The molecule has 2 fully saturated rings. The summed E-state index contributed by atoms with van der Waals surface area (Å²) in [5.41, 5.74) is -0.429. The van der Waals surface area contributed by atoms with Gasteiger partial charge in [0, 0.05) is 12.1 Å². The van der Waals surface area contributed by atoms with E-state index < -0.39 is 41.7 Å². The molecule has 0 bridgehead atoms. The van der Waals surface area contributed by atoms with Crippen molar-refractivity contribution in [2.24, 2.45) is 0 Å². The Balaban J connectivity index is 1.60. The monoisotopic (exact) mass is 403 g/mol. The van der Waals surface area contributed by atoms with Crippen LogP contribution < -0.4 is 10.2 Å². The highest BCUT2D eigenvalue weighted by molar-refractivity contribution is 6.19. The Morgan fingerprint density at radius 3 is 2.28 bits per heavy atom. The van der Waals surface area contributed by atoms with E-state index in [1.807, 2.05) is 0 Å². The van der Waals surface area contributed by atoms with Crippen molar-refractivity contribution in [3.63, 3.8) is 0 Å². The smallest absolute Gasteiger partial charge is 0.332 e. The Labute approximate surface area is 163 Å². The van der Waals surface area contributed by atoms with Crippen molar-refractivity contribution in [1.29, 1.82) is 0 Å². The van der Waals surface area contributed by atoms with Gasteiger partial charge in [0.15, 0.2) is 0 Å². The number of carbonyl (C=O) groups is 3. The van der Waals surface area contributed by atoms with Gasteiger partial charge in [-0.05, 0) is 42.8 Å². The number of urea groups is 1. The van der Waals surface area contributed by atoms with Crippen molar-refractivity contribution < 1.29 is 27.6 Å². The number of halogens is 3. The number of anilines is 1. The summed E-state index contributed by atoms with van der Waals surface area (Å²) >= 11 is 0. The molecule has 2 aliphatic heterocycles. The summed E-state index contributed by atoms with van der Waals surface area (Å²) in [6, 6.07) is 10.2. The number of nitrogens with zero attached hydrogens (tertiary/aromatic N) is 2. The SMILES string of the molecule is O=C1N[C@@H]2CCN(C(=O)c3ccc(C(F)(F)F)cc3)[C@H]2C(=O)N1c1ccccc1. The van der Waals surface area contributed by atoms with Crippen molar-refractivity contribution in [2.75, 3.05) is 11.4 Å². The van der Waals surface area contributed by atoms with Crippen LogP contribution in [0.4, 0.5) is 23.7 Å². The van der Waals surface area contributed by atoms with E-state index in [4.69, 9.17) is 0 Å². The average molecular weight is 403 g/mol. The standard InChI is InChI=1S/C20H16F3N3O3/c21-20(22,23)13-8-6-12(7-9-13)17(27)25-11-10-15-16(25)18(28)26(19(29)24-15)14-4-2-1-3-5-14/h1-9,15-16H,10-11H2,(H,24,29)/t15-,16-/m1/s1. The van der Waals surface area contributed by atoms with Crippen LogP contribution in [0.1, 0.15) is 22.3 Å². The molecule has 4 rings (SSSR count). The Kier molecular flexibility index (Phi) is 4.52. The lowest BCUT2D eigenvalue weighted by Crippen LogP contribution is -2.65. The predicted octanol–water partition coefficient (Wildman–Crippen LogP) is 3.04. The number of benzene rings is 2. The summed E-state index contributed by atoms with van der Waals surface area (Å²) in [6.07, 6.45) is -4.11. The predicted molar refractivity (Wildman–Crippen MR) is 97.1 cm³/mol. The normalized spacial score (nSPS) is 21.8. The molecule has 9 heteroatoms. The van der Waals surface area contributed by atoms with Crippen molar-refractivity contribution in [1.82, 2.24) is 10.2 Å². The zero-order valence-electron chi connectivity index (χ0n) is 15.0. The summed E-state index contributed by atoms with van der Waals surface area (Å²) in [4.78, 5) is 40.7. The van der Waals surface area contributed by atoms with Crippen LogP contribution in [0.3, 0.4) is 0 Å². The highest BCUT2D eigenvalue weighted by Crippen LogP contribution is 2.31. The number of likely N-dealkylation sites (tertiary alicyclic amines) is 1. The first-order valence-electron chi connectivity index (χ1n) is 8.95. The second kappa shape index (κ2) is 6.91. The van der Waals surface area contributed by atoms with Crippen molar-refractivity contribution in [2.45, 2.75) is 24.7 Å². The summed E-state index contributed by atoms with van der Waals surface area (Å²) in [7, 11) is 0. The fourth-order valence-electron chi connectivity index (χ4n) is 3.72. The average Bonchev–Trinajstić information content (AvgIpc) is 3.11. The minimum Gasteiger partial charge on any atom is -0.332 e. The number of hydrogen-bond acceptors (Lipinski definition) is 3. The minimum atomic E-state index is -4.50. The maximum atomic E-state index is 13.1. The molecule has 6 nitrogen and oxygen atoms in total. The molecule has 2 aromatic rings. The molecular weight excluding hydrogens is 387 g/mol. The number of amides is 4. The van der Waals surface area contributed by atoms with E-state index in [-0.39, 0.29) is 12.1 Å². The van der Waals surface area contributed by atoms with Gasteiger partial charge < -0.3 is 10.2 Å². The van der Waals surface area contributed by atoms with E-state index in [1.54, 1.807) is 30.3 Å². The Morgan fingerprint density at radius 2 is 1.66 bits per heavy atom. The molecule has 4 amide bonds. The highest BCUT2D eigenvalue weighted by Gasteiger charge is 2.50. The molecule has 2 aromatic carbocycles. The van der Waals surface area contributed by atoms with Gasteiger partial charge in [-0.15, -0.1) is 0 Å². The maximum absolute atomic E-state index is 13.1. The number of rotatable bonds is 2. The number of nitrogens with one attached hydrogen (secondary N) is 1. The van der Waals surface area contributed by atoms with Crippen LogP contribution in [0, 0.1) is 0 Å². The van der Waals surface area contributed by atoms with E-state index in [2.05, 4.69) is 5.32 Å². The largest absolute Gasteiger partial charge is 0.416 e. The summed E-state index contributed by atoms with van der Waals surface area (Å²) in [5.74, 6) is -1.09. The first-order chi connectivity index (χ1) is 13.8. The number of imide groups is 1. The topological polar surface area (TPSA) is 69.7 Å². The second-order valence-electron chi connectivity index (χ2n) is 6.87. The molecule has 2 aliphatic rings. The third-order valence-corrected chi connectivity index (χ3v) is 5.12. The molecule has 1 N–H and O–H groups in total. The molecule has 0 radical (unpaired) electrons. The van der Waals surface area contributed by atoms with Crippen LogP contribution in [-0.2, 0) is 11.0 Å². The van der Waals surface area contributed by atoms with Gasteiger partial charge in [-0.1, -0.05) is 18.2 Å². The summed E-state index contributed by atoms with van der Waals surface area (Å²) in [6.45, 7) is 0.212. The van der Waals surface area contributed by atoms with Gasteiger partial charge in [0.1, 0.15) is 6.04 Å². The summed E-state index contributed by atoms with van der Waals surface area (Å²) < 4.78 is 38.2.